The van der Waals surface area contributed by atoms with Gasteiger partial charge in [-0.15, -0.1) is 0 Å². The number of anilines is 1. The van der Waals surface area contributed by atoms with Crippen molar-refractivity contribution in [3.63, 3.8) is 0 Å². The van der Waals surface area contributed by atoms with Gasteiger partial charge in [-0.25, -0.2) is 27.1 Å². The lowest BCUT2D eigenvalue weighted by atomic mass is 10.0. The molecule has 1 amide bonds. The number of carbonyl (C=O) groups is 1. The first-order valence-electron chi connectivity index (χ1n) is 12.1. The Labute approximate surface area is 227 Å². The Kier molecular flexibility index (Phi) is 7.01. The summed E-state index contributed by atoms with van der Waals surface area (Å²) < 4.78 is 98.1. The minimum Gasteiger partial charge on any atom is -0.304 e. The number of aromatic nitrogens is 5. The standard InChI is InChI=1S/C27H19F7N6O/c1-13(2)14-3-5-15(6-4-14)19-10-21(27(32,33)34)40-23(35-19)11-20(37-40)26(41)36-22-7-8-39(38-22)12-16-24(30)17(28)9-18(29)25(16)31/h3-11,13H,12H2,1-2H3,(H,36,38,41). The maximum Gasteiger partial charge on any atom is 0.433 e. The minimum atomic E-state index is -4.83. The molecule has 1 N–H and O–H groups in total. The summed E-state index contributed by atoms with van der Waals surface area (Å²) in [5.41, 5.74) is -1.28. The molecule has 3 heterocycles. The van der Waals surface area contributed by atoms with Crippen molar-refractivity contribution in [2.75, 3.05) is 5.32 Å². The molecule has 0 atom stereocenters. The number of hydrogen-bond acceptors (Lipinski definition) is 4. The summed E-state index contributed by atoms with van der Waals surface area (Å²) in [5.74, 6) is -7.27. The molecule has 0 unspecified atom stereocenters. The molecular weight excluding hydrogens is 557 g/mol. The number of hydrogen-bond donors (Lipinski definition) is 1. The molecule has 5 aromatic rings. The van der Waals surface area contributed by atoms with Crippen LogP contribution in [0.1, 0.15) is 47.1 Å². The van der Waals surface area contributed by atoms with Gasteiger partial charge in [-0.2, -0.15) is 23.4 Å². The van der Waals surface area contributed by atoms with Gasteiger partial charge in [-0.1, -0.05) is 38.1 Å². The third-order valence-electron chi connectivity index (χ3n) is 6.23. The Morgan fingerprint density at radius 2 is 1.59 bits per heavy atom. The molecule has 41 heavy (non-hydrogen) atoms. The van der Waals surface area contributed by atoms with E-state index in [1.165, 1.54) is 12.3 Å². The zero-order valence-electron chi connectivity index (χ0n) is 21.3. The Balaban J connectivity index is 1.42. The lowest BCUT2D eigenvalue weighted by Crippen LogP contribution is -2.16. The van der Waals surface area contributed by atoms with Crippen molar-refractivity contribution in [1.29, 1.82) is 0 Å². The lowest BCUT2D eigenvalue weighted by molar-refractivity contribution is -0.142. The largest absolute Gasteiger partial charge is 0.433 e. The van der Waals surface area contributed by atoms with Crippen LogP contribution in [0.25, 0.3) is 16.9 Å². The predicted octanol–water partition coefficient (Wildman–Crippen LogP) is 6.59. The van der Waals surface area contributed by atoms with E-state index in [1.807, 2.05) is 13.8 Å². The van der Waals surface area contributed by atoms with Gasteiger partial charge < -0.3 is 5.32 Å². The molecule has 3 aromatic heterocycles. The molecule has 212 valence electrons. The lowest BCUT2D eigenvalue weighted by Gasteiger charge is -2.11. The molecule has 0 spiro atoms. The van der Waals surface area contributed by atoms with E-state index < -0.39 is 58.8 Å². The third-order valence-corrected chi connectivity index (χ3v) is 6.23. The molecule has 0 bridgehead atoms. The van der Waals surface area contributed by atoms with Gasteiger partial charge in [0.2, 0.25) is 0 Å². The molecular formula is C27H19F7N6O. The molecule has 0 fully saturated rings. The van der Waals surface area contributed by atoms with Crippen LogP contribution in [0.5, 0.6) is 0 Å². The van der Waals surface area contributed by atoms with Crippen molar-refractivity contribution in [2.24, 2.45) is 0 Å². The van der Waals surface area contributed by atoms with Crippen LogP contribution < -0.4 is 5.32 Å². The van der Waals surface area contributed by atoms with E-state index in [-0.39, 0.29) is 29.1 Å². The number of halogens is 7. The maximum atomic E-state index is 14.0. The van der Waals surface area contributed by atoms with Gasteiger partial charge in [-0.3, -0.25) is 9.48 Å². The molecule has 7 nitrogen and oxygen atoms in total. The van der Waals surface area contributed by atoms with Crippen molar-refractivity contribution in [3.8, 4) is 11.3 Å². The zero-order valence-corrected chi connectivity index (χ0v) is 21.3. The number of amides is 1. The summed E-state index contributed by atoms with van der Waals surface area (Å²) in [6, 6.07) is 10.1. The molecule has 5 rings (SSSR count). The molecule has 0 aliphatic carbocycles. The fourth-order valence-corrected chi connectivity index (χ4v) is 4.09. The number of rotatable bonds is 6. The summed E-state index contributed by atoms with van der Waals surface area (Å²) >= 11 is 0. The molecule has 2 aromatic carbocycles. The second-order valence-electron chi connectivity index (χ2n) is 9.40. The van der Waals surface area contributed by atoms with Crippen molar-refractivity contribution in [2.45, 2.75) is 32.5 Å². The van der Waals surface area contributed by atoms with Crippen LogP contribution in [0.15, 0.2) is 54.7 Å². The first-order valence-corrected chi connectivity index (χ1v) is 12.1. The smallest absolute Gasteiger partial charge is 0.304 e. The monoisotopic (exact) mass is 576 g/mol. The van der Waals surface area contributed by atoms with E-state index in [1.54, 1.807) is 24.3 Å². The maximum absolute atomic E-state index is 14.0. The van der Waals surface area contributed by atoms with E-state index in [4.69, 9.17) is 0 Å². The first kappa shape index (κ1) is 27.8. The Hall–Kier alpha value is -4.75. The van der Waals surface area contributed by atoms with Crippen LogP contribution in [0.4, 0.5) is 36.6 Å². The second kappa shape index (κ2) is 10.3. The van der Waals surface area contributed by atoms with Crippen molar-refractivity contribution in [1.82, 2.24) is 24.4 Å². The quantitative estimate of drug-likeness (QED) is 0.183. The summed E-state index contributed by atoms with van der Waals surface area (Å²) in [6.45, 7) is 3.25. The minimum absolute atomic E-state index is 0.0268. The van der Waals surface area contributed by atoms with Crippen molar-refractivity contribution < 1.29 is 35.5 Å². The normalized spacial score (nSPS) is 12.0. The van der Waals surface area contributed by atoms with Gasteiger partial charge in [0.1, 0.15) is 0 Å². The topological polar surface area (TPSA) is 77.1 Å². The number of nitrogens with one attached hydrogen (secondary N) is 1. The van der Waals surface area contributed by atoms with E-state index in [0.29, 0.717) is 10.1 Å². The van der Waals surface area contributed by atoms with Crippen LogP contribution in [0.3, 0.4) is 0 Å². The van der Waals surface area contributed by atoms with Gasteiger partial charge in [0.15, 0.2) is 46.1 Å². The highest BCUT2D eigenvalue weighted by atomic mass is 19.4. The van der Waals surface area contributed by atoms with Gasteiger partial charge >= 0.3 is 6.18 Å². The van der Waals surface area contributed by atoms with Crippen LogP contribution in [-0.2, 0) is 12.7 Å². The second-order valence-corrected chi connectivity index (χ2v) is 9.40. The first-order chi connectivity index (χ1) is 19.3. The third kappa shape index (κ3) is 5.49. The fourth-order valence-electron chi connectivity index (χ4n) is 4.09. The van der Waals surface area contributed by atoms with E-state index >= 15 is 0 Å². The van der Waals surface area contributed by atoms with E-state index in [2.05, 4.69) is 20.5 Å². The predicted molar refractivity (Wildman–Crippen MR) is 133 cm³/mol. The molecule has 0 aliphatic rings. The van der Waals surface area contributed by atoms with Gasteiger partial charge in [0, 0.05) is 30.0 Å². The van der Waals surface area contributed by atoms with E-state index in [0.717, 1.165) is 22.4 Å². The fraction of sp³-hybridized carbons (Fsp3) is 0.185. The number of alkyl halides is 3. The molecule has 0 radical (unpaired) electrons. The average molecular weight is 576 g/mol. The van der Waals surface area contributed by atoms with E-state index in [9.17, 15) is 35.5 Å². The van der Waals surface area contributed by atoms with Gasteiger partial charge in [0.05, 0.1) is 17.8 Å². The summed E-state index contributed by atoms with van der Waals surface area (Å²) in [7, 11) is 0. The molecule has 0 aliphatic heterocycles. The summed E-state index contributed by atoms with van der Waals surface area (Å²) in [4.78, 5) is 17.1. The van der Waals surface area contributed by atoms with Crippen LogP contribution in [0, 0.1) is 23.3 Å². The molecule has 0 saturated heterocycles. The van der Waals surface area contributed by atoms with Gasteiger partial charge in [-0.05, 0) is 17.5 Å². The van der Waals surface area contributed by atoms with Crippen molar-refractivity contribution >= 4 is 17.4 Å². The van der Waals surface area contributed by atoms with Crippen LogP contribution in [-0.4, -0.2) is 30.3 Å². The highest BCUT2D eigenvalue weighted by Gasteiger charge is 2.35. The van der Waals surface area contributed by atoms with Crippen molar-refractivity contribution in [3.05, 3.63) is 101 Å². The summed E-state index contributed by atoms with van der Waals surface area (Å²) in [5, 5.41) is 9.95. The summed E-state index contributed by atoms with van der Waals surface area (Å²) in [6.07, 6.45) is -3.66. The number of fused-ring (bicyclic) bond motifs is 1. The average Bonchev–Trinajstić information content (AvgIpc) is 3.55. The van der Waals surface area contributed by atoms with Crippen LogP contribution >= 0.6 is 0 Å². The number of benzene rings is 2. The Bertz CT molecular complexity index is 1750. The number of nitrogens with zero attached hydrogens (tertiary/aromatic N) is 5. The number of carbonyl (C=O) groups excluding carboxylic acids is 1. The Morgan fingerprint density at radius 3 is 2.20 bits per heavy atom. The highest BCUT2D eigenvalue weighted by Crippen LogP contribution is 2.33. The highest BCUT2D eigenvalue weighted by molar-refractivity contribution is 6.03. The molecule has 14 heteroatoms. The van der Waals surface area contributed by atoms with Crippen LogP contribution in [0.2, 0.25) is 0 Å². The SMILES string of the molecule is CC(C)c1ccc(-c2cc(C(F)(F)F)n3nc(C(=O)Nc4ccn(Cc5c(F)c(F)cc(F)c5F)n4)cc3n2)cc1. The van der Waals surface area contributed by atoms with Gasteiger partial charge in [0.25, 0.3) is 5.91 Å². The Morgan fingerprint density at radius 1 is 0.927 bits per heavy atom. The zero-order chi connectivity index (χ0) is 29.6. The molecule has 0 saturated carbocycles.